The summed E-state index contributed by atoms with van der Waals surface area (Å²) in [5.74, 6) is 0.197. The Labute approximate surface area is 112 Å². The van der Waals surface area contributed by atoms with Crippen LogP contribution >= 0.6 is 0 Å². The second kappa shape index (κ2) is 5.34. The van der Waals surface area contributed by atoms with Crippen molar-refractivity contribution in [3.63, 3.8) is 0 Å². The van der Waals surface area contributed by atoms with Crippen LogP contribution in [0.4, 0.5) is 0 Å². The number of nitrogens with two attached hydrogens (primary N) is 1. The van der Waals surface area contributed by atoms with Crippen molar-refractivity contribution in [1.29, 1.82) is 0 Å². The highest BCUT2D eigenvalue weighted by molar-refractivity contribution is 5.95. The first-order valence-electron chi connectivity index (χ1n) is 6.38. The van der Waals surface area contributed by atoms with Crippen molar-refractivity contribution < 1.29 is 9.59 Å². The Hall–Kier alpha value is -1.98. The Kier molecular flexibility index (Phi) is 3.78. The molecule has 0 saturated carbocycles. The van der Waals surface area contributed by atoms with Gasteiger partial charge in [0.05, 0.1) is 11.3 Å². The molecule has 1 aliphatic rings. The summed E-state index contributed by atoms with van der Waals surface area (Å²) in [5, 5.41) is 0. The molecular weight excluding hydrogens is 244 g/mol. The van der Waals surface area contributed by atoms with Crippen LogP contribution in [0.25, 0.3) is 0 Å². The lowest BCUT2D eigenvalue weighted by molar-refractivity contribution is -0.123. The van der Waals surface area contributed by atoms with Crippen LogP contribution in [0.2, 0.25) is 0 Å². The van der Waals surface area contributed by atoms with E-state index >= 15 is 0 Å². The molecule has 0 aliphatic carbocycles. The van der Waals surface area contributed by atoms with Crippen LogP contribution in [0.15, 0.2) is 6.20 Å². The number of primary amides is 1. The van der Waals surface area contributed by atoms with Crippen LogP contribution in [0.5, 0.6) is 0 Å². The van der Waals surface area contributed by atoms with Crippen molar-refractivity contribution in [2.75, 3.05) is 13.1 Å². The normalized spacial score (nSPS) is 16.4. The van der Waals surface area contributed by atoms with Crippen LogP contribution in [0.3, 0.4) is 0 Å². The topological polar surface area (TPSA) is 89.2 Å². The number of hydrogen-bond donors (Lipinski definition) is 1. The molecule has 19 heavy (non-hydrogen) atoms. The number of nitrogens with zero attached hydrogens (tertiary/aromatic N) is 3. The van der Waals surface area contributed by atoms with Gasteiger partial charge in [0.25, 0.3) is 5.91 Å². The molecular formula is C13H18N4O2. The second-order valence-corrected chi connectivity index (χ2v) is 4.89. The fourth-order valence-electron chi connectivity index (χ4n) is 2.33. The van der Waals surface area contributed by atoms with Crippen molar-refractivity contribution in [2.24, 2.45) is 11.7 Å². The van der Waals surface area contributed by atoms with Crippen LogP contribution < -0.4 is 5.73 Å². The molecule has 0 spiro atoms. The van der Waals surface area contributed by atoms with E-state index in [1.54, 1.807) is 24.9 Å². The van der Waals surface area contributed by atoms with Gasteiger partial charge in [-0.25, -0.2) is 9.97 Å². The minimum absolute atomic E-state index is 0.0691. The van der Waals surface area contributed by atoms with Crippen LogP contribution in [0, 0.1) is 19.8 Å². The molecule has 102 valence electrons. The average Bonchev–Trinajstić information content (AvgIpc) is 2.38. The third-order valence-electron chi connectivity index (χ3n) is 3.51. The fraction of sp³-hybridized carbons (Fsp3) is 0.538. The fourth-order valence-corrected chi connectivity index (χ4v) is 2.33. The SMILES string of the molecule is Cc1ncc(C(=O)N2CCC(C(N)=O)CC2)c(C)n1. The minimum atomic E-state index is -0.276. The van der Waals surface area contributed by atoms with Gasteiger partial charge in [0.1, 0.15) is 5.82 Å². The Morgan fingerprint density at radius 2 is 1.95 bits per heavy atom. The first-order valence-corrected chi connectivity index (χ1v) is 6.38. The molecule has 0 atom stereocenters. The molecule has 6 nitrogen and oxygen atoms in total. The maximum absolute atomic E-state index is 12.3. The molecule has 2 rings (SSSR count). The van der Waals surface area contributed by atoms with Crippen LogP contribution in [-0.2, 0) is 4.79 Å². The average molecular weight is 262 g/mol. The quantitative estimate of drug-likeness (QED) is 0.837. The maximum Gasteiger partial charge on any atom is 0.257 e. The number of aromatic nitrogens is 2. The monoisotopic (exact) mass is 262 g/mol. The van der Waals surface area contributed by atoms with Crippen molar-refractivity contribution in [2.45, 2.75) is 26.7 Å². The highest BCUT2D eigenvalue weighted by atomic mass is 16.2. The summed E-state index contributed by atoms with van der Waals surface area (Å²) >= 11 is 0. The van der Waals surface area contributed by atoms with Crippen LogP contribution in [-0.4, -0.2) is 39.8 Å². The van der Waals surface area contributed by atoms with Gasteiger partial charge in [0, 0.05) is 25.2 Å². The molecule has 0 radical (unpaired) electrons. The summed E-state index contributed by atoms with van der Waals surface area (Å²) in [6.07, 6.45) is 2.83. The van der Waals surface area contributed by atoms with E-state index in [9.17, 15) is 9.59 Å². The molecule has 1 aromatic heterocycles. The molecule has 1 saturated heterocycles. The molecule has 0 unspecified atom stereocenters. The van der Waals surface area contributed by atoms with Gasteiger partial charge >= 0.3 is 0 Å². The standard InChI is InChI=1S/C13H18N4O2/c1-8-11(7-15-9(2)16-8)13(19)17-5-3-10(4-6-17)12(14)18/h7,10H,3-6H2,1-2H3,(H2,14,18). The lowest BCUT2D eigenvalue weighted by Crippen LogP contribution is -2.42. The van der Waals surface area contributed by atoms with Gasteiger partial charge in [-0.3, -0.25) is 9.59 Å². The summed E-state index contributed by atoms with van der Waals surface area (Å²) in [7, 11) is 0. The molecule has 0 bridgehead atoms. The molecule has 1 aromatic rings. The summed E-state index contributed by atoms with van der Waals surface area (Å²) in [5.41, 5.74) is 6.50. The number of hydrogen-bond acceptors (Lipinski definition) is 4. The van der Waals surface area contributed by atoms with Gasteiger partial charge in [-0.05, 0) is 26.7 Å². The lowest BCUT2D eigenvalue weighted by atomic mass is 9.96. The van der Waals surface area contributed by atoms with Crippen molar-refractivity contribution in [3.8, 4) is 0 Å². The number of carbonyl (C=O) groups excluding carboxylic acids is 2. The van der Waals surface area contributed by atoms with Crippen LogP contribution in [0.1, 0.15) is 34.7 Å². The Bertz CT molecular complexity index is 507. The molecule has 2 N–H and O–H groups in total. The predicted octanol–water partition coefficient (Wildman–Crippen LogP) is 0.431. The summed E-state index contributed by atoms with van der Waals surface area (Å²) in [6, 6.07) is 0. The number of aryl methyl sites for hydroxylation is 2. The zero-order chi connectivity index (χ0) is 14.0. The van der Waals surface area contributed by atoms with Gasteiger partial charge in [0.2, 0.25) is 5.91 Å². The molecule has 2 amide bonds. The third kappa shape index (κ3) is 2.89. The number of likely N-dealkylation sites (tertiary alicyclic amines) is 1. The van der Waals surface area contributed by atoms with E-state index < -0.39 is 0 Å². The van der Waals surface area contributed by atoms with Gasteiger partial charge in [0.15, 0.2) is 0 Å². The maximum atomic E-state index is 12.3. The van der Waals surface area contributed by atoms with E-state index in [4.69, 9.17) is 5.73 Å². The number of carbonyl (C=O) groups is 2. The van der Waals surface area contributed by atoms with Crippen molar-refractivity contribution in [1.82, 2.24) is 14.9 Å². The van der Waals surface area contributed by atoms with E-state index in [1.165, 1.54) is 0 Å². The van der Waals surface area contributed by atoms with E-state index in [2.05, 4.69) is 9.97 Å². The molecule has 6 heteroatoms. The highest BCUT2D eigenvalue weighted by Gasteiger charge is 2.27. The van der Waals surface area contributed by atoms with Gasteiger partial charge in [-0.1, -0.05) is 0 Å². The highest BCUT2D eigenvalue weighted by Crippen LogP contribution is 2.19. The first-order chi connectivity index (χ1) is 8.99. The largest absolute Gasteiger partial charge is 0.369 e. The van der Waals surface area contributed by atoms with Gasteiger partial charge in [-0.2, -0.15) is 0 Å². The Morgan fingerprint density at radius 1 is 1.32 bits per heavy atom. The lowest BCUT2D eigenvalue weighted by Gasteiger charge is -2.30. The number of rotatable bonds is 2. The molecule has 1 fully saturated rings. The zero-order valence-electron chi connectivity index (χ0n) is 11.2. The smallest absolute Gasteiger partial charge is 0.257 e. The molecule has 0 aromatic carbocycles. The summed E-state index contributed by atoms with van der Waals surface area (Å²) in [4.78, 5) is 33.4. The third-order valence-corrected chi connectivity index (χ3v) is 3.51. The van der Waals surface area contributed by atoms with Gasteiger partial charge in [-0.15, -0.1) is 0 Å². The first kappa shape index (κ1) is 13.5. The van der Waals surface area contributed by atoms with E-state index in [0.29, 0.717) is 43.0 Å². The second-order valence-electron chi connectivity index (χ2n) is 4.89. The predicted molar refractivity (Wildman–Crippen MR) is 69.3 cm³/mol. The van der Waals surface area contributed by atoms with E-state index in [-0.39, 0.29) is 17.7 Å². The molecule has 1 aliphatic heterocycles. The number of amides is 2. The number of piperidine rings is 1. The molecule has 2 heterocycles. The van der Waals surface area contributed by atoms with Crippen molar-refractivity contribution >= 4 is 11.8 Å². The van der Waals surface area contributed by atoms with Gasteiger partial charge < -0.3 is 10.6 Å². The summed E-state index contributed by atoms with van der Waals surface area (Å²) < 4.78 is 0. The zero-order valence-corrected chi connectivity index (χ0v) is 11.2. The Balaban J connectivity index is 2.07. The van der Waals surface area contributed by atoms with E-state index in [1.807, 2.05) is 0 Å². The Morgan fingerprint density at radius 3 is 2.47 bits per heavy atom. The van der Waals surface area contributed by atoms with Crippen molar-refractivity contribution in [3.05, 3.63) is 23.3 Å². The summed E-state index contributed by atoms with van der Waals surface area (Å²) in [6.45, 7) is 4.71. The van der Waals surface area contributed by atoms with E-state index in [0.717, 1.165) is 0 Å². The minimum Gasteiger partial charge on any atom is -0.369 e.